The minimum atomic E-state index is -1.56. The summed E-state index contributed by atoms with van der Waals surface area (Å²) in [6.07, 6.45) is 0.273. The Morgan fingerprint density at radius 2 is 2.16 bits per heavy atom. The highest BCUT2D eigenvalue weighted by atomic mass is 16.3. The molecule has 0 aliphatic carbocycles. The number of H-pyrrole nitrogens is 2. The van der Waals surface area contributed by atoms with Gasteiger partial charge in [-0.15, -0.1) is 0 Å². The van der Waals surface area contributed by atoms with Crippen molar-refractivity contribution in [3.8, 4) is 0 Å². The van der Waals surface area contributed by atoms with Crippen molar-refractivity contribution in [1.82, 2.24) is 20.3 Å². The van der Waals surface area contributed by atoms with Gasteiger partial charge >= 0.3 is 0 Å². The van der Waals surface area contributed by atoms with E-state index in [2.05, 4.69) is 20.3 Å². The van der Waals surface area contributed by atoms with Gasteiger partial charge in [0.25, 0.3) is 5.56 Å². The van der Waals surface area contributed by atoms with Gasteiger partial charge in [0.15, 0.2) is 0 Å². The molecule has 1 aliphatic rings. The standard InChI is InChI=1S/C11H14N4O4/c16-2-5-9(17)10(18)7(15-5)4-1-12-8-6(4)13-3-14-11(8)19/h1,3,5,7,9-10,12,15-18H,2H2,(H,13,14,19)/t5-,7+,9-,10+/m1/s1/i2D/t2?,5-,7+,9-,10+. The number of aromatic nitrogens is 3. The lowest BCUT2D eigenvalue weighted by Gasteiger charge is -2.14. The minimum absolute atomic E-state index is 0.265. The Labute approximate surface area is 108 Å². The monoisotopic (exact) mass is 267 g/mol. The van der Waals surface area contributed by atoms with E-state index in [0.29, 0.717) is 11.1 Å². The number of aliphatic hydroxyl groups excluding tert-OH is 3. The quantitative estimate of drug-likeness (QED) is 0.372. The van der Waals surface area contributed by atoms with E-state index in [1.54, 1.807) is 0 Å². The molecule has 0 saturated carbocycles. The van der Waals surface area contributed by atoms with Crippen molar-refractivity contribution in [1.29, 1.82) is 0 Å². The summed E-state index contributed by atoms with van der Waals surface area (Å²) in [7, 11) is 0. The normalized spacial score (nSPS) is 33.5. The highest BCUT2D eigenvalue weighted by Gasteiger charge is 2.42. The van der Waals surface area contributed by atoms with E-state index in [9.17, 15) is 20.1 Å². The first kappa shape index (κ1) is 11.1. The first-order valence-electron chi connectivity index (χ1n) is 6.35. The molecule has 2 aromatic rings. The third kappa shape index (κ3) is 1.77. The molecule has 1 fully saturated rings. The van der Waals surface area contributed by atoms with E-state index in [0.717, 1.165) is 0 Å². The molecule has 6 N–H and O–H groups in total. The fourth-order valence-electron chi connectivity index (χ4n) is 2.43. The molecule has 1 unspecified atom stereocenters. The Hall–Kier alpha value is -1.74. The predicted octanol–water partition coefficient (Wildman–Crippen LogP) is -2.02. The van der Waals surface area contributed by atoms with Gasteiger partial charge in [0.05, 0.1) is 32.5 Å². The zero-order chi connectivity index (χ0) is 14.4. The molecule has 3 rings (SSSR count). The van der Waals surface area contributed by atoms with Crippen LogP contribution in [0.2, 0.25) is 0 Å². The molecule has 2 aromatic heterocycles. The highest BCUT2D eigenvalue weighted by molar-refractivity contribution is 5.78. The molecule has 1 aliphatic heterocycles. The zero-order valence-electron chi connectivity index (χ0n) is 10.7. The predicted molar refractivity (Wildman–Crippen MR) is 65.5 cm³/mol. The number of rotatable bonds is 2. The van der Waals surface area contributed by atoms with Crippen LogP contribution in [0.1, 0.15) is 13.0 Å². The van der Waals surface area contributed by atoms with Crippen molar-refractivity contribution in [2.75, 3.05) is 6.58 Å². The zero-order valence-corrected chi connectivity index (χ0v) is 9.74. The molecule has 0 aromatic carbocycles. The number of hydrogen-bond acceptors (Lipinski definition) is 6. The fraction of sp³-hybridized carbons (Fsp3) is 0.455. The molecular formula is C11H14N4O4. The van der Waals surface area contributed by atoms with E-state index in [4.69, 9.17) is 1.37 Å². The maximum absolute atomic E-state index is 11.6. The number of aliphatic hydroxyl groups is 3. The highest BCUT2D eigenvalue weighted by Crippen LogP contribution is 2.30. The van der Waals surface area contributed by atoms with E-state index in [-0.39, 0.29) is 11.1 Å². The first-order valence-corrected chi connectivity index (χ1v) is 5.78. The van der Waals surface area contributed by atoms with Crippen LogP contribution in [0.5, 0.6) is 0 Å². The van der Waals surface area contributed by atoms with Gasteiger partial charge in [-0.25, -0.2) is 4.98 Å². The van der Waals surface area contributed by atoms with Gasteiger partial charge in [-0.3, -0.25) is 4.79 Å². The Morgan fingerprint density at radius 3 is 2.84 bits per heavy atom. The maximum Gasteiger partial charge on any atom is 0.275 e. The van der Waals surface area contributed by atoms with Gasteiger partial charge in [0, 0.05) is 11.8 Å². The third-order valence-electron chi connectivity index (χ3n) is 3.43. The smallest absolute Gasteiger partial charge is 0.275 e. The van der Waals surface area contributed by atoms with E-state index in [1.807, 2.05) is 0 Å². The molecule has 0 spiro atoms. The third-order valence-corrected chi connectivity index (χ3v) is 3.43. The van der Waals surface area contributed by atoms with Gasteiger partial charge in [-0.2, -0.15) is 0 Å². The van der Waals surface area contributed by atoms with Gasteiger partial charge in [0.2, 0.25) is 0 Å². The van der Waals surface area contributed by atoms with Gasteiger partial charge in [-0.05, 0) is 0 Å². The average molecular weight is 267 g/mol. The Balaban J connectivity index is 2.04. The van der Waals surface area contributed by atoms with Crippen LogP contribution in [-0.4, -0.2) is 55.1 Å². The molecule has 19 heavy (non-hydrogen) atoms. The van der Waals surface area contributed by atoms with Gasteiger partial charge in [0.1, 0.15) is 17.1 Å². The lowest BCUT2D eigenvalue weighted by Crippen LogP contribution is -2.35. The summed E-state index contributed by atoms with van der Waals surface area (Å²) >= 11 is 0. The van der Waals surface area contributed by atoms with E-state index in [1.165, 1.54) is 12.5 Å². The molecule has 0 bridgehead atoms. The Bertz CT molecular complexity index is 684. The van der Waals surface area contributed by atoms with Crippen molar-refractivity contribution >= 4 is 11.0 Å². The molecule has 3 heterocycles. The summed E-state index contributed by atoms with van der Waals surface area (Å²) in [5.41, 5.74) is 0.797. The molecular weight excluding hydrogens is 252 g/mol. The van der Waals surface area contributed by atoms with Crippen LogP contribution >= 0.6 is 0 Å². The number of nitrogens with one attached hydrogen (secondary N) is 3. The Kier molecular flexibility index (Phi) is 2.59. The Morgan fingerprint density at radius 1 is 1.37 bits per heavy atom. The second-order valence-electron chi connectivity index (χ2n) is 4.50. The molecule has 8 heteroatoms. The minimum Gasteiger partial charge on any atom is -0.395 e. The SMILES string of the molecule is [2H]C(O)[C@H]1N[C@@H](c2c[nH]c3c(=O)[nH]cnc23)[C@H](O)[C@@H]1O. The van der Waals surface area contributed by atoms with Crippen molar-refractivity contribution in [2.45, 2.75) is 24.3 Å². The first-order chi connectivity index (χ1) is 9.50. The summed E-state index contributed by atoms with van der Waals surface area (Å²) in [5, 5.41) is 31.9. The summed E-state index contributed by atoms with van der Waals surface area (Å²) in [6, 6.07) is -1.69. The van der Waals surface area contributed by atoms with Gasteiger partial charge in [-0.1, -0.05) is 0 Å². The van der Waals surface area contributed by atoms with E-state index < -0.39 is 30.9 Å². The van der Waals surface area contributed by atoms with Crippen molar-refractivity contribution in [3.05, 3.63) is 28.4 Å². The van der Waals surface area contributed by atoms with Crippen LogP contribution in [0.15, 0.2) is 17.3 Å². The average Bonchev–Trinajstić information content (AvgIpc) is 2.94. The lowest BCUT2D eigenvalue weighted by atomic mass is 10.0. The van der Waals surface area contributed by atoms with Crippen molar-refractivity contribution in [2.24, 2.45) is 0 Å². The lowest BCUT2D eigenvalue weighted by molar-refractivity contribution is 0.0196. The maximum atomic E-state index is 11.6. The van der Waals surface area contributed by atoms with Crippen LogP contribution in [0.25, 0.3) is 11.0 Å². The van der Waals surface area contributed by atoms with E-state index >= 15 is 0 Å². The number of nitrogens with zero attached hydrogens (tertiary/aromatic N) is 1. The summed E-state index contributed by atoms with van der Waals surface area (Å²) in [4.78, 5) is 20.8. The fourth-order valence-corrected chi connectivity index (χ4v) is 2.43. The van der Waals surface area contributed by atoms with Crippen LogP contribution < -0.4 is 10.9 Å². The van der Waals surface area contributed by atoms with Crippen LogP contribution in [-0.2, 0) is 0 Å². The van der Waals surface area contributed by atoms with Crippen molar-refractivity contribution in [3.63, 3.8) is 0 Å². The molecule has 0 amide bonds. The summed E-state index contributed by atoms with van der Waals surface area (Å²) in [6.45, 7) is -1.56. The molecule has 102 valence electrons. The van der Waals surface area contributed by atoms with Crippen molar-refractivity contribution < 1.29 is 16.7 Å². The number of fused-ring (bicyclic) bond motifs is 1. The molecule has 0 radical (unpaired) electrons. The van der Waals surface area contributed by atoms with Crippen LogP contribution in [0.4, 0.5) is 0 Å². The number of aromatic amines is 2. The largest absolute Gasteiger partial charge is 0.395 e. The molecule has 8 nitrogen and oxygen atoms in total. The summed E-state index contributed by atoms with van der Waals surface area (Å²) in [5.74, 6) is 0. The molecule has 5 atom stereocenters. The second kappa shape index (κ2) is 4.42. The van der Waals surface area contributed by atoms with Crippen LogP contribution in [0, 0.1) is 0 Å². The second-order valence-corrected chi connectivity index (χ2v) is 4.50. The topological polar surface area (TPSA) is 134 Å². The number of hydrogen-bond donors (Lipinski definition) is 6. The summed E-state index contributed by atoms with van der Waals surface area (Å²) < 4.78 is 7.25. The van der Waals surface area contributed by atoms with Crippen LogP contribution in [0.3, 0.4) is 0 Å². The van der Waals surface area contributed by atoms with Gasteiger partial charge < -0.3 is 30.6 Å². The molecule has 1 saturated heterocycles.